The van der Waals surface area contributed by atoms with Gasteiger partial charge < -0.3 is 10.4 Å². The van der Waals surface area contributed by atoms with E-state index in [0.29, 0.717) is 6.54 Å². The van der Waals surface area contributed by atoms with Crippen molar-refractivity contribution in [1.82, 2.24) is 10.2 Å². The summed E-state index contributed by atoms with van der Waals surface area (Å²) in [4.78, 5) is 15.2. The SMILES string of the molecule is CC(NC(=O)CN1CCC(O)CC1)c1cccs1. The Bertz CT molecular complexity index is 372. The van der Waals surface area contributed by atoms with Crippen LogP contribution in [0.15, 0.2) is 17.5 Å². The molecule has 18 heavy (non-hydrogen) atoms. The van der Waals surface area contributed by atoms with Crippen LogP contribution >= 0.6 is 11.3 Å². The zero-order valence-corrected chi connectivity index (χ0v) is 11.4. The van der Waals surface area contributed by atoms with Gasteiger partial charge in [0, 0.05) is 18.0 Å². The molecule has 0 radical (unpaired) electrons. The fourth-order valence-corrected chi connectivity index (χ4v) is 2.91. The first-order chi connectivity index (χ1) is 8.65. The Morgan fingerprint density at radius 1 is 1.61 bits per heavy atom. The monoisotopic (exact) mass is 268 g/mol. The Hall–Kier alpha value is -0.910. The van der Waals surface area contributed by atoms with Crippen LogP contribution in [-0.2, 0) is 4.79 Å². The molecule has 1 aliphatic rings. The van der Waals surface area contributed by atoms with Crippen LogP contribution in [0.1, 0.15) is 30.7 Å². The molecule has 0 spiro atoms. The number of nitrogens with zero attached hydrogens (tertiary/aromatic N) is 1. The maximum atomic E-state index is 11.9. The van der Waals surface area contributed by atoms with Gasteiger partial charge in [0.25, 0.3) is 0 Å². The molecule has 100 valence electrons. The van der Waals surface area contributed by atoms with Crippen molar-refractivity contribution in [3.05, 3.63) is 22.4 Å². The average molecular weight is 268 g/mol. The standard InChI is InChI=1S/C13H20N2O2S/c1-10(12-3-2-8-18-12)14-13(17)9-15-6-4-11(16)5-7-15/h2-3,8,10-11,16H,4-7,9H2,1H3,(H,14,17). The molecule has 0 bridgehead atoms. The van der Waals surface area contributed by atoms with Crippen molar-refractivity contribution in [2.75, 3.05) is 19.6 Å². The number of thiophene rings is 1. The highest BCUT2D eigenvalue weighted by molar-refractivity contribution is 7.10. The second-order valence-electron chi connectivity index (χ2n) is 4.81. The van der Waals surface area contributed by atoms with Crippen LogP contribution in [0.4, 0.5) is 0 Å². The fourth-order valence-electron chi connectivity index (χ4n) is 2.18. The molecule has 2 rings (SSSR count). The van der Waals surface area contributed by atoms with Crippen molar-refractivity contribution >= 4 is 17.2 Å². The quantitative estimate of drug-likeness (QED) is 0.867. The minimum atomic E-state index is -0.186. The topological polar surface area (TPSA) is 52.6 Å². The van der Waals surface area contributed by atoms with Crippen LogP contribution in [0, 0.1) is 0 Å². The first-order valence-electron chi connectivity index (χ1n) is 6.38. The summed E-state index contributed by atoms with van der Waals surface area (Å²) >= 11 is 1.66. The predicted molar refractivity (Wildman–Crippen MR) is 72.6 cm³/mol. The molecule has 1 fully saturated rings. The molecule has 1 unspecified atom stereocenters. The Kier molecular flexibility index (Phi) is 4.74. The van der Waals surface area contributed by atoms with Crippen molar-refractivity contribution < 1.29 is 9.90 Å². The van der Waals surface area contributed by atoms with Gasteiger partial charge in [0.05, 0.1) is 18.7 Å². The van der Waals surface area contributed by atoms with Gasteiger partial charge in [0.1, 0.15) is 0 Å². The number of carbonyl (C=O) groups is 1. The van der Waals surface area contributed by atoms with Crippen molar-refractivity contribution in [3.8, 4) is 0 Å². The molecule has 2 N–H and O–H groups in total. The molecule has 2 heterocycles. The van der Waals surface area contributed by atoms with E-state index in [2.05, 4.69) is 10.2 Å². The van der Waals surface area contributed by atoms with E-state index in [-0.39, 0.29) is 18.1 Å². The van der Waals surface area contributed by atoms with Gasteiger partial charge in [-0.3, -0.25) is 9.69 Å². The summed E-state index contributed by atoms with van der Waals surface area (Å²) in [6.07, 6.45) is 1.36. The first kappa shape index (κ1) is 13.5. The Labute approximate surface area is 112 Å². The molecule has 5 heteroatoms. The second kappa shape index (κ2) is 6.31. The summed E-state index contributed by atoms with van der Waals surface area (Å²) < 4.78 is 0. The van der Waals surface area contributed by atoms with Crippen molar-refractivity contribution in [2.45, 2.75) is 31.9 Å². The highest BCUT2D eigenvalue weighted by atomic mass is 32.1. The van der Waals surface area contributed by atoms with Crippen molar-refractivity contribution in [1.29, 1.82) is 0 Å². The van der Waals surface area contributed by atoms with E-state index in [0.717, 1.165) is 25.9 Å². The number of rotatable bonds is 4. The number of piperidine rings is 1. The van der Waals surface area contributed by atoms with Crippen LogP contribution in [-0.4, -0.2) is 41.7 Å². The molecule has 1 amide bonds. The highest BCUT2D eigenvalue weighted by Gasteiger charge is 2.19. The van der Waals surface area contributed by atoms with Crippen LogP contribution in [0.2, 0.25) is 0 Å². The number of carbonyl (C=O) groups excluding carboxylic acids is 1. The van der Waals surface area contributed by atoms with Gasteiger partial charge in [0.2, 0.25) is 5.91 Å². The zero-order valence-electron chi connectivity index (χ0n) is 10.6. The van der Waals surface area contributed by atoms with Gasteiger partial charge in [0.15, 0.2) is 0 Å². The van der Waals surface area contributed by atoms with E-state index in [1.807, 2.05) is 24.4 Å². The van der Waals surface area contributed by atoms with Crippen molar-refractivity contribution in [3.63, 3.8) is 0 Å². The first-order valence-corrected chi connectivity index (χ1v) is 7.26. The summed E-state index contributed by atoms with van der Waals surface area (Å²) in [7, 11) is 0. The van der Waals surface area contributed by atoms with Gasteiger partial charge in [-0.25, -0.2) is 0 Å². The third kappa shape index (κ3) is 3.80. The van der Waals surface area contributed by atoms with E-state index in [4.69, 9.17) is 0 Å². The largest absolute Gasteiger partial charge is 0.393 e. The summed E-state index contributed by atoms with van der Waals surface area (Å²) in [5.74, 6) is 0.0623. The van der Waals surface area contributed by atoms with Gasteiger partial charge in [-0.15, -0.1) is 11.3 Å². The van der Waals surface area contributed by atoms with E-state index in [9.17, 15) is 9.90 Å². The molecule has 0 aliphatic carbocycles. The normalized spacial score (nSPS) is 19.7. The van der Waals surface area contributed by atoms with E-state index < -0.39 is 0 Å². The summed E-state index contributed by atoms with van der Waals surface area (Å²) in [6.45, 7) is 4.05. The Morgan fingerprint density at radius 2 is 2.33 bits per heavy atom. The number of aliphatic hydroxyl groups excluding tert-OH is 1. The van der Waals surface area contributed by atoms with Crippen LogP contribution < -0.4 is 5.32 Å². The third-order valence-corrected chi connectivity index (χ3v) is 4.33. The average Bonchev–Trinajstić information content (AvgIpc) is 2.85. The molecule has 4 nitrogen and oxygen atoms in total. The van der Waals surface area contributed by atoms with E-state index in [1.165, 1.54) is 4.88 Å². The lowest BCUT2D eigenvalue weighted by molar-refractivity contribution is -0.123. The lowest BCUT2D eigenvalue weighted by Crippen LogP contribution is -2.43. The summed E-state index contributed by atoms with van der Waals surface area (Å²) in [5, 5.41) is 14.4. The Morgan fingerprint density at radius 3 is 2.94 bits per heavy atom. The predicted octanol–water partition coefficient (Wildman–Crippen LogP) is 1.38. The van der Waals surface area contributed by atoms with E-state index >= 15 is 0 Å². The molecule has 1 atom stereocenters. The summed E-state index contributed by atoms with van der Waals surface area (Å²) in [5.41, 5.74) is 0. The minimum absolute atomic E-state index is 0.0623. The molecular formula is C13H20N2O2S. The number of hydrogen-bond donors (Lipinski definition) is 2. The number of nitrogens with one attached hydrogen (secondary N) is 1. The van der Waals surface area contributed by atoms with Gasteiger partial charge in [-0.1, -0.05) is 6.07 Å². The fraction of sp³-hybridized carbons (Fsp3) is 0.615. The molecule has 1 aromatic heterocycles. The van der Waals surface area contributed by atoms with Crippen LogP contribution in [0.5, 0.6) is 0 Å². The molecule has 0 saturated carbocycles. The molecule has 1 aliphatic heterocycles. The van der Waals surface area contributed by atoms with Gasteiger partial charge in [-0.2, -0.15) is 0 Å². The lowest BCUT2D eigenvalue weighted by Gasteiger charge is -2.29. The van der Waals surface area contributed by atoms with Gasteiger partial charge in [-0.05, 0) is 31.2 Å². The minimum Gasteiger partial charge on any atom is -0.393 e. The molecule has 0 aromatic carbocycles. The van der Waals surface area contributed by atoms with Crippen LogP contribution in [0.25, 0.3) is 0 Å². The number of likely N-dealkylation sites (tertiary alicyclic amines) is 1. The Balaban J connectivity index is 1.75. The highest BCUT2D eigenvalue weighted by Crippen LogP contribution is 2.18. The van der Waals surface area contributed by atoms with Gasteiger partial charge >= 0.3 is 0 Å². The number of aliphatic hydroxyl groups is 1. The lowest BCUT2D eigenvalue weighted by atomic mass is 10.1. The third-order valence-electron chi connectivity index (χ3n) is 3.27. The van der Waals surface area contributed by atoms with E-state index in [1.54, 1.807) is 11.3 Å². The summed E-state index contributed by atoms with van der Waals surface area (Å²) in [6, 6.07) is 4.11. The molecular weight excluding hydrogens is 248 g/mol. The maximum Gasteiger partial charge on any atom is 0.234 e. The smallest absolute Gasteiger partial charge is 0.234 e. The maximum absolute atomic E-state index is 11.9. The number of hydrogen-bond acceptors (Lipinski definition) is 4. The zero-order chi connectivity index (χ0) is 13.0. The molecule has 1 saturated heterocycles. The van der Waals surface area contributed by atoms with Crippen molar-refractivity contribution in [2.24, 2.45) is 0 Å². The number of amides is 1. The van der Waals surface area contributed by atoms with Crippen LogP contribution in [0.3, 0.4) is 0 Å². The second-order valence-corrected chi connectivity index (χ2v) is 5.79. The molecule has 1 aromatic rings.